The van der Waals surface area contributed by atoms with Crippen LogP contribution in [0.1, 0.15) is 78.7 Å². The number of hydrogen-bond donors (Lipinski definition) is 1. The van der Waals surface area contributed by atoms with Crippen LogP contribution in [0, 0.1) is 5.41 Å². The molecular formula is C21H31N5O3. The Hall–Kier alpha value is -2.74. The summed E-state index contributed by atoms with van der Waals surface area (Å²) in [6, 6.07) is 3.70. The molecule has 0 radical (unpaired) electrons. The Balaban J connectivity index is 0.000000240. The van der Waals surface area contributed by atoms with Crippen molar-refractivity contribution >= 4 is 12.2 Å². The molecule has 29 heavy (non-hydrogen) atoms. The zero-order valence-corrected chi connectivity index (χ0v) is 17.9. The fourth-order valence-corrected chi connectivity index (χ4v) is 2.33. The quantitative estimate of drug-likeness (QED) is 0.471. The first kappa shape index (κ1) is 24.3. The zero-order valence-electron chi connectivity index (χ0n) is 17.9. The van der Waals surface area contributed by atoms with Gasteiger partial charge in [0, 0.05) is 14.2 Å². The molecule has 0 bridgehead atoms. The van der Waals surface area contributed by atoms with Gasteiger partial charge in [-0.15, -0.1) is 10.2 Å². The van der Waals surface area contributed by atoms with Crippen molar-refractivity contribution < 1.29 is 14.3 Å². The summed E-state index contributed by atoms with van der Waals surface area (Å²) < 4.78 is 9.02. The van der Waals surface area contributed by atoms with Crippen molar-refractivity contribution in [1.82, 2.24) is 20.4 Å². The van der Waals surface area contributed by atoms with Gasteiger partial charge in [-0.25, -0.2) is 0 Å². The number of aromatic nitrogens is 4. The lowest BCUT2D eigenvalue weighted by Gasteiger charge is -2.01. The van der Waals surface area contributed by atoms with Crippen LogP contribution in [-0.2, 0) is 9.47 Å². The van der Waals surface area contributed by atoms with Crippen molar-refractivity contribution in [2.75, 3.05) is 21.3 Å². The maximum absolute atomic E-state index is 10.3. The smallest absolute Gasteiger partial charge is 0.234 e. The van der Waals surface area contributed by atoms with Gasteiger partial charge in [0.25, 0.3) is 0 Å². The molecule has 0 saturated heterocycles. The number of ether oxygens (including phenoxy) is 2. The van der Waals surface area contributed by atoms with Crippen molar-refractivity contribution in [2.45, 2.75) is 51.4 Å². The van der Waals surface area contributed by atoms with E-state index < -0.39 is 0 Å². The number of aldehydes is 1. The van der Waals surface area contributed by atoms with E-state index in [1.807, 2.05) is 26.0 Å². The van der Waals surface area contributed by atoms with Gasteiger partial charge in [0.15, 0.2) is 6.29 Å². The summed E-state index contributed by atoms with van der Waals surface area (Å²) in [6.07, 6.45) is 9.15. The Morgan fingerprint density at radius 2 is 1.45 bits per heavy atom. The summed E-state index contributed by atoms with van der Waals surface area (Å²) in [7, 11) is 4.72. The summed E-state index contributed by atoms with van der Waals surface area (Å²) in [5.41, 5.74) is 3.29. The molecule has 158 valence electrons. The van der Waals surface area contributed by atoms with Gasteiger partial charge >= 0.3 is 0 Å². The molecule has 2 aliphatic carbocycles. The molecule has 0 spiro atoms. The molecule has 8 nitrogen and oxygen atoms in total. The van der Waals surface area contributed by atoms with Gasteiger partial charge in [0.2, 0.25) is 5.90 Å². The second-order valence-electron chi connectivity index (χ2n) is 6.40. The predicted molar refractivity (Wildman–Crippen MR) is 112 cm³/mol. The molecular weight excluding hydrogens is 370 g/mol. The minimum absolute atomic E-state index is 0.0787. The van der Waals surface area contributed by atoms with Crippen molar-refractivity contribution in [1.29, 1.82) is 5.41 Å². The fourth-order valence-electron chi connectivity index (χ4n) is 2.33. The highest BCUT2D eigenvalue weighted by atomic mass is 16.5. The third-order valence-corrected chi connectivity index (χ3v) is 4.03. The van der Waals surface area contributed by atoms with Crippen LogP contribution in [0.15, 0.2) is 24.5 Å². The molecule has 4 rings (SSSR count). The molecule has 8 heteroatoms. The largest absolute Gasteiger partial charge is 0.480 e. The maximum Gasteiger partial charge on any atom is 0.234 e. The van der Waals surface area contributed by atoms with Gasteiger partial charge < -0.3 is 9.47 Å². The number of hydrogen-bond acceptors (Lipinski definition) is 8. The summed E-state index contributed by atoms with van der Waals surface area (Å²) in [4.78, 5) is 10.3. The monoisotopic (exact) mass is 401 g/mol. The van der Waals surface area contributed by atoms with E-state index in [4.69, 9.17) is 10.1 Å². The minimum Gasteiger partial charge on any atom is -0.480 e. The Labute approximate surface area is 172 Å². The van der Waals surface area contributed by atoms with E-state index in [1.165, 1.54) is 38.4 Å². The molecule has 0 unspecified atom stereocenters. The normalized spacial score (nSPS) is 14.0. The summed E-state index contributed by atoms with van der Waals surface area (Å²) in [5, 5.41) is 22.5. The van der Waals surface area contributed by atoms with Crippen LogP contribution >= 0.6 is 0 Å². The highest BCUT2D eigenvalue weighted by Gasteiger charge is 2.25. The van der Waals surface area contributed by atoms with E-state index in [0.717, 1.165) is 11.8 Å². The molecule has 2 aromatic heterocycles. The Morgan fingerprint density at radius 3 is 1.90 bits per heavy atom. The molecule has 0 aromatic carbocycles. The third kappa shape index (κ3) is 8.87. The van der Waals surface area contributed by atoms with Crippen LogP contribution in [-0.4, -0.2) is 53.9 Å². The predicted octanol–water partition coefficient (Wildman–Crippen LogP) is 3.78. The second kappa shape index (κ2) is 13.4. The average Bonchev–Trinajstić information content (AvgIpc) is 3.68. The molecule has 2 heterocycles. The van der Waals surface area contributed by atoms with Crippen LogP contribution in [0.4, 0.5) is 0 Å². The topological polar surface area (TPSA) is 111 Å². The SMILES string of the molecule is CC.COC.COC(=N)c1cc(C2CC2)cnn1.O=Cc1cc(C2CC2)cnn1. The van der Waals surface area contributed by atoms with Crippen molar-refractivity contribution in [2.24, 2.45) is 0 Å². The number of methoxy groups -OCH3 is 2. The minimum atomic E-state index is 0.0787. The Bertz CT molecular complexity index is 761. The number of nitrogens with one attached hydrogen (secondary N) is 1. The maximum atomic E-state index is 10.3. The van der Waals surface area contributed by atoms with Crippen LogP contribution in [0.3, 0.4) is 0 Å². The Morgan fingerprint density at radius 1 is 0.966 bits per heavy atom. The van der Waals surface area contributed by atoms with E-state index >= 15 is 0 Å². The summed E-state index contributed by atoms with van der Waals surface area (Å²) in [6.45, 7) is 4.00. The summed E-state index contributed by atoms with van der Waals surface area (Å²) in [5.74, 6) is 1.36. The van der Waals surface area contributed by atoms with Crippen molar-refractivity contribution in [3.05, 3.63) is 47.0 Å². The number of carbonyl (C=O) groups is 1. The highest BCUT2D eigenvalue weighted by molar-refractivity contribution is 5.89. The van der Waals surface area contributed by atoms with Gasteiger partial charge in [-0.1, -0.05) is 13.8 Å². The zero-order chi connectivity index (χ0) is 21.6. The molecule has 0 aliphatic heterocycles. The number of rotatable bonds is 4. The van der Waals surface area contributed by atoms with Crippen LogP contribution in [0.5, 0.6) is 0 Å². The highest BCUT2D eigenvalue weighted by Crippen LogP contribution is 2.40. The van der Waals surface area contributed by atoms with Gasteiger partial charge in [0.05, 0.1) is 19.5 Å². The average molecular weight is 402 g/mol. The lowest BCUT2D eigenvalue weighted by atomic mass is 10.2. The number of carbonyl (C=O) groups excluding carboxylic acids is 1. The standard InChI is InChI=1S/C9H11N3O.C8H8N2O.C2H6O.C2H6/c1-13-9(10)8-4-7(5-11-12-8)6-2-3-6;11-5-8-3-7(4-9-10-8)6-1-2-6;1-3-2;1-2/h4-6,10H,2-3H2,1H3;3-6H,1-2H2;1-2H3;1-2H3. The van der Waals surface area contributed by atoms with Crippen LogP contribution in [0.25, 0.3) is 0 Å². The van der Waals surface area contributed by atoms with Gasteiger partial charge in [0.1, 0.15) is 11.4 Å². The molecule has 0 atom stereocenters. The lowest BCUT2D eigenvalue weighted by molar-refractivity contribution is 0.111. The number of nitrogens with zero attached hydrogens (tertiary/aromatic N) is 4. The van der Waals surface area contributed by atoms with E-state index in [9.17, 15) is 4.79 Å². The molecule has 0 amide bonds. The Kier molecular flexibility index (Phi) is 11.3. The van der Waals surface area contributed by atoms with Crippen molar-refractivity contribution in [3.63, 3.8) is 0 Å². The molecule has 2 saturated carbocycles. The molecule has 1 N–H and O–H groups in total. The van der Waals surface area contributed by atoms with Gasteiger partial charge in [-0.05, 0) is 60.8 Å². The first-order valence-electron chi connectivity index (χ1n) is 9.76. The first-order chi connectivity index (χ1) is 14.1. The van der Waals surface area contributed by atoms with E-state index in [-0.39, 0.29) is 5.90 Å². The van der Waals surface area contributed by atoms with E-state index in [1.54, 1.807) is 26.6 Å². The second-order valence-corrected chi connectivity index (χ2v) is 6.40. The molecule has 2 fully saturated rings. The van der Waals surface area contributed by atoms with Gasteiger partial charge in [-0.3, -0.25) is 10.2 Å². The van der Waals surface area contributed by atoms with Gasteiger partial charge in [-0.2, -0.15) is 10.2 Å². The van der Waals surface area contributed by atoms with E-state index in [2.05, 4.69) is 25.1 Å². The molecule has 2 aliphatic rings. The van der Waals surface area contributed by atoms with E-state index in [0.29, 0.717) is 23.2 Å². The molecule has 2 aromatic rings. The van der Waals surface area contributed by atoms with Crippen LogP contribution in [0.2, 0.25) is 0 Å². The fraction of sp³-hybridized carbons (Fsp3) is 0.524. The first-order valence-corrected chi connectivity index (χ1v) is 9.76. The van der Waals surface area contributed by atoms with Crippen molar-refractivity contribution in [3.8, 4) is 0 Å². The lowest BCUT2D eigenvalue weighted by Crippen LogP contribution is -2.06. The summed E-state index contributed by atoms with van der Waals surface area (Å²) >= 11 is 0. The van der Waals surface area contributed by atoms with Crippen LogP contribution < -0.4 is 0 Å². The third-order valence-electron chi connectivity index (χ3n) is 4.03.